The average molecular weight is 303 g/mol. The molecule has 2 fully saturated rings. The zero-order valence-electron chi connectivity index (χ0n) is 13.4. The Labute approximate surface area is 132 Å². The maximum Gasteiger partial charge on any atom is 0.222 e. The number of rotatable bonds is 4. The Bertz CT molecular complexity index is 500. The Hall–Kier alpha value is -1.46. The van der Waals surface area contributed by atoms with Gasteiger partial charge in [-0.05, 0) is 24.5 Å². The van der Waals surface area contributed by atoms with Crippen molar-refractivity contribution in [1.82, 2.24) is 14.8 Å². The van der Waals surface area contributed by atoms with Crippen LogP contribution in [0.5, 0.6) is 0 Å². The number of nitrogens with zero attached hydrogens (tertiary/aromatic N) is 3. The van der Waals surface area contributed by atoms with Crippen LogP contribution in [0.3, 0.4) is 0 Å². The zero-order chi connectivity index (χ0) is 15.5. The van der Waals surface area contributed by atoms with E-state index in [1.807, 2.05) is 30.3 Å². The summed E-state index contributed by atoms with van der Waals surface area (Å²) >= 11 is 0. The van der Waals surface area contributed by atoms with E-state index in [4.69, 9.17) is 4.74 Å². The second kappa shape index (κ2) is 6.75. The molecule has 0 spiro atoms. The Kier molecular flexibility index (Phi) is 4.74. The number of amides is 1. The van der Waals surface area contributed by atoms with Crippen LogP contribution in [0.1, 0.15) is 37.8 Å². The summed E-state index contributed by atoms with van der Waals surface area (Å²) in [5, 5.41) is 0. The number of methoxy groups -OCH3 is 1. The van der Waals surface area contributed by atoms with Crippen LogP contribution in [0.2, 0.25) is 0 Å². The normalized spacial score (nSPS) is 26.7. The molecule has 2 aliphatic rings. The monoisotopic (exact) mass is 303 g/mol. The van der Waals surface area contributed by atoms with Crippen molar-refractivity contribution in [2.24, 2.45) is 0 Å². The van der Waals surface area contributed by atoms with Crippen LogP contribution >= 0.6 is 0 Å². The Balaban J connectivity index is 1.64. The summed E-state index contributed by atoms with van der Waals surface area (Å²) in [5.41, 5.74) is 1.23. The van der Waals surface area contributed by atoms with Gasteiger partial charge in [0.15, 0.2) is 0 Å². The number of likely N-dealkylation sites (tertiary alicyclic amines) is 2. The molecule has 0 saturated carbocycles. The van der Waals surface area contributed by atoms with Crippen LogP contribution in [0, 0.1) is 0 Å². The summed E-state index contributed by atoms with van der Waals surface area (Å²) in [6.07, 6.45) is 6.72. The zero-order valence-corrected chi connectivity index (χ0v) is 13.4. The van der Waals surface area contributed by atoms with E-state index in [0.29, 0.717) is 18.5 Å². The first kappa shape index (κ1) is 15.4. The predicted molar refractivity (Wildman–Crippen MR) is 84.4 cm³/mol. The van der Waals surface area contributed by atoms with E-state index >= 15 is 0 Å². The third-order valence-electron chi connectivity index (χ3n) is 5.02. The van der Waals surface area contributed by atoms with Gasteiger partial charge in [0.25, 0.3) is 0 Å². The van der Waals surface area contributed by atoms with Crippen molar-refractivity contribution < 1.29 is 9.53 Å². The first-order valence-electron chi connectivity index (χ1n) is 8.20. The van der Waals surface area contributed by atoms with E-state index in [0.717, 1.165) is 32.5 Å². The molecule has 0 N–H and O–H groups in total. The van der Waals surface area contributed by atoms with Crippen LogP contribution in [0.4, 0.5) is 0 Å². The van der Waals surface area contributed by atoms with Gasteiger partial charge < -0.3 is 9.64 Å². The molecule has 1 amide bonds. The lowest BCUT2D eigenvalue weighted by atomic mass is 9.87. The van der Waals surface area contributed by atoms with Crippen LogP contribution in [-0.2, 0) is 9.53 Å². The summed E-state index contributed by atoms with van der Waals surface area (Å²) in [5.74, 6) is 0.278. The second-order valence-electron chi connectivity index (χ2n) is 6.17. The van der Waals surface area contributed by atoms with Crippen molar-refractivity contribution >= 4 is 5.91 Å². The summed E-state index contributed by atoms with van der Waals surface area (Å²) in [4.78, 5) is 20.6. The lowest BCUT2D eigenvalue weighted by Crippen LogP contribution is -2.60. The Morgan fingerprint density at radius 3 is 2.77 bits per heavy atom. The lowest BCUT2D eigenvalue weighted by molar-refractivity contribution is -0.137. The maximum absolute atomic E-state index is 11.8. The van der Waals surface area contributed by atoms with E-state index < -0.39 is 0 Å². The standard InChI is InChI=1S/C17H25N3O2/c1-3-16(21)19-9-6-14(7-10-19)20-12-15(22-2)17(20)13-5-4-8-18-11-13/h4-5,8,11,14-15,17H,3,6-7,9-10,12H2,1-2H3. The van der Waals surface area contributed by atoms with E-state index in [9.17, 15) is 4.79 Å². The largest absolute Gasteiger partial charge is 0.378 e. The highest BCUT2D eigenvalue weighted by atomic mass is 16.5. The molecule has 1 aromatic rings. The fourth-order valence-electron chi connectivity index (χ4n) is 3.70. The van der Waals surface area contributed by atoms with Crippen molar-refractivity contribution in [2.45, 2.75) is 44.4 Å². The summed E-state index contributed by atoms with van der Waals surface area (Å²) in [7, 11) is 1.79. The van der Waals surface area contributed by atoms with E-state index in [1.165, 1.54) is 5.56 Å². The minimum Gasteiger partial charge on any atom is -0.378 e. The highest BCUT2D eigenvalue weighted by Gasteiger charge is 2.44. The molecule has 3 rings (SSSR count). The number of piperidine rings is 1. The van der Waals surface area contributed by atoms with Crippen LogP contribution in [0.15, 0.2) is 24.5 Å². The van der Waals surface area contributed by atoms with Gasteiger partial charge in [0, 0.05) is 51.6 Å². The van der Waals surface area contributed by atoms with Gasteiger partial charge in [-0.15, -0.1) is 0 Å². The summed E-state index contributed by atoms with van der Waals surface area (Å²) < 4.78 is 5.62. The highest BCUT2D eigenvalue weighted by molar-refractivity contribution is 5.75. The SMILES string of the molecule is CCC(=O)N1CCC(N2CC(OC)C2c2cccnc2)CC1. The summed E-state index contributed by atoms with van der Waals surface area (Å²) in [6, 6.07) is 4.96. The highest BCUT2D eigenvalue weighted by Crippen LogP contribution is 2.39. The first-order valence-corrected chi connectivity index (χ1v) is 8.20. The molecule has 2 saturated heterocycles. The average Bonchev–Trinajstić information content (AvgIpc) is 2.55. The topological polar surface area (TPSA) is 45.7 Å². The second-order valence-corrected chi connectivity index (χ2v) is 6.17. The van der Waals surface area contributed by atoms with E-state index in [-0.39, 0.29) is 12.0 Å². The molecule has 2 aliphatic heterocycles. The number of pyridine rings is 1. The van der Waals surface area contributed by atoms with Gasteiger partial charge in [-0.25, -0.2) is 0 Å². The van der Waals surface area contributed by atoms with Crippen LogP contribution in [-0.4, -0.2) is 59.6 Å². The third kappa shape index (κ3) is 2.88. The molecule has 0 aliphatic carbocycles. The number of hydrogen-bond acceptors (Lipinski definition) is 4. The molecule has 0 bridgehead atoms. The molecule has 3 heterocycles. The van der Waals surface area contributed by atoms with Gasteiger partial charge in [0.2, 0.25) is 5.91 Å². The Morgan fingerprint density at radius 2 is 2.18 bits per heavy atom. The van der Waals surface area contributed by atoms with Gasteiger partial charge in [-0.3, -0.25) is 14.7 Å². The van der Waals surface area contributed by atoms with E-state index in [2.05, 4.69) is 16.0 Å². The van der Waals surface area contributed by atoms with Crippen molar-refractivity contribution in [3.63, 3.8) is 0 Å². The fourth-order valence-corrected chi connectivity index (χ4v) is 3.70. The molecule has 120 valence electrons. The van der Waals surface area contributed by atoms with Crippen molar-refractivity contribution in [3.8, 4) is 0 Å². The van der Waals surface area contributed by atoms with Gasteiger partial charge in [0.05, 0.1) is 12.1 Å². The van der Waals surface area contributed by atoms with Gasteiger partial charge in [-0.2, -0.15) is 0 Å². The molecule has 2 atom stereocenters. The number of aromatic nitrogens is 1. The number of hydrogen-bond donors (Lipinski definition) is 0. The summed E-state index contributed by atoms with van der Waals surface area (Å²) in [6.45, 7) is 4.67. The van der Waals surface area contributed by atoms with Gasteiger partial charge in [0.1, 0.15) is 0 Å². The molecule has 0 radical (unpaired) electrons. The molecule has 22 heavy (non-hydrogen) atoms. The lowest BCUT2D eigenvalue weighted by Gasteiger charge is -2.52. The van der Waals surface area contributed by atoms with Gasteiger partial charge >= 0.3 is 0 Å². The molecular weight excluding hydrogens is 278 g/mol. The molecule has 0 aromatic carbocycles. The molecule has 2 unspecified atom stereocenters. The smallest absolute Gasteiger partial charge is 0.222 e. The molecule has 5 nitrogen and oxygen atoms in total. The van der Waals surface area contributed by atoms with Crippen molar-refractivity contribution in [2.75, 3.05) is 26.7 Å². The maximum atomic E-state index is 11.8. The van der Waals surface area contributed by atoms with Crippen LogP contribution in [0.25, 0.3) is 0 Å². The number of carbonyl (C=O) groups is 1. The minimum atomic E-state index is 0.250. The quantitative estimate of drug-likeness (QED) is 0.851. The molecule has 5 heteroatoms. The Morgan fingerprint density at radius 1 is 1.41 bits per heavy atom. The van der Waals surface area contributed by atoms with Crippen molar-refractivity contribution in [3.05, 3.63) is 30.1 Å². The van der Waals surface area contributed by atoms with Crippen molar-refractivity contribution in [1.29, 1.82) is 0 Å². The molecule has 1 aromatic heterocycles. The fraction of sp³-hybridized carbons (Fsp3) is 0.647. The number of ether oxygens (including phenoxy) is 1. The molecular formula is C17H25N3O2. The van der Waals surface area contributed by atoms with Crippen LogP contribution < -0.4 is 0 Å². The number of carbonyl (C=O) groups excluding carboxylic acids is 1. The predicted octanol–water partition coefficient (Wildman–Crippen LogP) is 1.85. The van der Waals surface area contributed by atoms with E-state index in [1.54, 1.807) is 7.11 Å². The van der Waals surface area contributed by atoms with Gasteiger partial charge in [-0.1, -0.05) is 13.0 Å². The first-order chi connectivity index (χ1) is 10.7. The third-order valence-corrected chi connectivity index (χ3v) is 5.02. The minimum absolute atomic E-state index is 0.250.